The highest BCUT2D eigenvalue weighted by atomic mass is 19.1. The second kappa shape index (κ2) is 6.96. The summed E-state index contributed by atoms with van der Waals surface area (Å²) in [5.74, 6) is -1.57. The van der Waals surface area contributed by atoms with Gasteiger partial charge >= 0.3 is 0 Å². The van der Waals surface area contributed by atoms with Crippen molar-refractivity contribution in [3.63, 3.8) is 0 Å². The lowest BCUT2D eigenvalue weighted by Crippen LogP contribution is -2.16. The van der Waals surface area contributed by atoms with Crippen LogP contribution < -0.4 is 0 Å². The van der Waals surface area contributed by atoms with E-state index in [0.29, 0.717) is 35.5 Å². The lowest BCUT2D eigenvalue weighted by molar-refractivity contribution is 0.365. The molecule has 0 saturated carbocycles. The van der Waals surface area contributed by atoms with E-state index in [1.54, 1.807) is 24.3 Å². The molecule has 2 aromatic carbocycles. The number of fused-ring (bicyclic) bond motifs is 1. The van der Waals surface area contributed by atoms with E-state index in [1.165, 1.54) is 12.3 Å². The summed E-state index contributed by atoms with van der Waals surface area (Å²) >= 11 is 0. The van der Waals surface area contributed by atoms with Gasteiger partial charge in [0.15, 0.2) is 0 Å². The van der Waals surface area contributed by atoms with E-state index < -0.39 is 17.5 Å². The molecule has 0 unspecified atom stereocenters. The molecule has 1 aliphatic heterocycles. The maximum Gasteiger partial charge on any atom is 0.133 e. The van der Waals surface area contributed by atoms with E-state index in [0.717, 1.165) is 23.8 Å². The molecule has 27 heavy (non-hydrogen) atoms. The second-order valence-electron chi connectivity index (χ2n) is 6.54. The molecular formula is C21H16F3N3. The minimum Gasteiger partial charge on any atom is -0.298 e. The third-order valence-electron chi connectivity index (χ3n) is 4.60. The number of aromatic nitrogens is 2. The van der Waals surface area contributed by atoms with Crippen LogP contribution in [0, 0.1) is 17.5 Å². The van der Waals surface area contributed by atoms with Gasteiger partial charge in [0, 0.05) is 30.4 Å². The Balaban J connectivity index is 1.91. The first-order valence-corrected chi connectivity index (χ1v) is 8.48. The maximum atomic E-state index is 14.9. The number of hydrogen-bond acceptors (Lipinski definition) is 3. The predicted molar refractivity (Wildman–Crippen MR) is 97.2 cm³/mol. The third kappa shape index (κ3) is 3.36. The molecule has 0 fully saturated rings. The quantitative estimate of drug-likeness (QED) is 0.671. The summed E-state index contributed by atoms with van der Waals surface area (Å²) in [6, 6.07) is 9.75. The number of rotatable bonds is 2. The Labute approximate surface area is 154 Å². The van der Waals surface area contributed by atoms with E-state index in [1.807, 2.05) is 11.9 Å². The van der Waals surface area contributed by atoms with Crippen LogP contribution in [0.25, 0.3) is 16.8 Å². The second-order valence-corrected chi connectivity index (χ2v) is 6.54. The van der Waals surface area contributed by atoms with Crippen molar-refractivity contribution < 1.29 is 13.2 Å². The molecule has 0 aliphatic carbocycles. The van der Waals surface area contributed by atoms with Gasteiger partial charge in [-0.2, -0.15) is 10.2 Å². The average molecular weight is 367 g/mol. The first kappa shape index (κ1) is 17.4. The summed E-state index contributed by atoms with van der Waals surface area (Å²) < 4.78 is 43.0. The van der Waals surface area contributed by atoms with Crippen LogP contribution in [0.4, 0.5) is 13.2 Å². The Bertz CT molecular complexity index is 1030. The van der Waals surface area contributed by atoms with Gasteiger partial charge in [0.2, 0.25) is 0 Å². The van der Waals surface area contributed by atoms with Gasteiger partial charge in [-0.05, 0) is 66.2 Å². The van der Waals surface area contributed by atoms with Gasteiger partial charge in [-0.1, -0.05) is 6.08 Å². The molecule has 3 aromatic rings. The van der Waals surface area contributed by atoms with E-state index >= 15 is 0 Å². The zero-order chi connectivity index (χ0) is 19.0. The van der Waals surface area contributed by atoms with Crippen molar-refractivity contribution in [3.05, 3.63) is 88.9 Å². The topological polar surface area (TPSA) is 29.0 Å². The van der Waals surface area contributed by atoms with Crippen molar-refractivity contribution in [2.75, 3.05) is 13.6 Å². The lowest BCUT2D eigenvalue weighted by Gasteiger charge is -2.16. The van der Waals surface area contributed by atoms with Crippen LogP contribution in [0.15, 0.2) is 54.7 Å². The molecule has 4 rings (SSSR count). The molecule has 0 radical (unpaired) electrons. The predicted octanol–water partition coefficient (Wildman–Crippen LogP) is 4.44. The fourth-order valence-corrected chi connectivity index (χ4v) is 3.31. The van der Waals surface area contributed by atoms with Crippen molar-refractivity contribution >= 4 is 5.57 Å². The van der Waals surface area contributed by atoms with E-state index in [2.05, 4.69) is 10.2 Å². The normalized spacial score (nSPS) is 14.4. The minimum absolute atomic E-state index is 0.123. The van der Waals surface area contributed by atoms with Crippen molar-refractivity contribution in [1.82, 2.24) is 15.1 Å². The highest BCUT2D eigenvalue weighted by molar-refractivity contribution is 5.83. The van der Waals surface area contributed by atoms with Gasteiger partial charge in [0.1, 0.15) is 17.5 Å². The van der Waals surface area contributed by atoms with Crippen LogP contribution in [-0.2, 0) is 6.54 Å². The fourth-order valence-electron chi connectivity index (χ4n) is 3.31. The van der Waals surface area contributed by atoms with E-state index in [-0.39, 0.29) is 5.56 Å². The van der Waals surface area contributed by atoms with Gasteiger partial charge in [-0.15, -0.1) is 0 Å². The molecule has 1 aromatic heterocycles. The van der Waals surface area contributed by atoms with Gasteiger partial charge in [0.05, 0.1) is 5.69 Å². The molecule has 6 heteroatoms. The lowest BCUT2D eigenvalue weighted by atomic mass is 9.91. The Kier molecular flexibility index (Phi) is 4.49. The molecule has 1 aliphatic rings. The molecule has 3 nitrogen and oxygen atoms in total. The summed E-state index contributed by atoms with van der Waals surface area (Å²) in [5, 5.41) is 7.78. The first-order valence-electron chi connectivity index (χ1n) is 8.48. The highest BCUT2D eigenvalue weighted by Crippen LogP contribution is 2.35. The van der Waals surface area contributed by atoms with Gasteiger partial charge in [-0.25, -0.2) is 13.2 Å². The fraction of sp³-hybridized carbons (Fsp3) is 0.143. The maximum absolute atomic E-state index is 14.9. The smallest absolute Gasteiger partial charge is 0.133 e. The summed E-state index contributed by atoms with van der Waals surface area (Å²) in [6.45, 7) is 1.07. The largest absolute Gasteiger partial charge is 0.298 e. The Morgan fingerprint density at radius 2 is 1.78 bits per heavy atom. The van der Waals surface area contributed by atoms with Gasteiger partial charge in [0.25, 0.3) is 0 Å². The van der Waals surface area contributed by atoms with E-state index in [9.17, 15) is 13.2 Å². The molecule has 2 heterocycles. The first-order chi connectivity index (χ1) is 13.0. The zero-order valence-corrected chi connectivity index (χ0v) is 14.6. The summed E-state index contributed by atoms with van der Waals surface area (Å²) in [6.07, 6.45) is 3.32. The third-order valence-corrected chi connectivity index (χ3v) is 4.60. The number of likely N-dealkylation sites (N-methyl/N-ethyl adjacent to an activating group) is 1. The molecule has 0 saturated heterocycles. The number of halogens is 3. The Hall–Kier alpha value is -2.99. The van der Waals surface area contributed by atoms with Crippen molar-refractivity contribution in [3.8, 4) is 11.3 Å². The monoisotopic (exact) mass is 367 g/mol. The number of benzene rings is 2. The molecular weight excluding hydrogens is 351 g/mol. The van der Waals surface area contributed by atoms with Crippen LogP contribution in [0.3, 0.4) is 0 Å². The summed E-state index contributed by atoms with van der Waals surface area (Å²) in [7, 11) is 1.91. The number of nitrogens with zero attached hydrogens (tertiary/aromatic N) is 3. The molecule has 0 N–H and O–H groups in total. The van der Waals surface area contributed by atoms with Crippen LogP contribution in [0.5, 0.6) is 0 Å². The molecule has 0 spiro atoms. The minimum atomic E-state index is -0.545. The zero-order valence-electron chi connectivity index (χ0n) is 14.6. The molecule has 0 atom stereocenters. The molecule has 0 amide bonds. The van der Waals surface area contributed by atoms with Crippen molar-refractivity contribution in [2.24, 2.45) is 0 Å². The summed E-state index contributed by atoms with van der Waals surface area (Å²) in [5.41, 5.74) is 2.72. The molecule has 0 bridgehead atoms. The average Bonchev–Trinajstić information content (AvgIpc) is 2.82. The van der Waals surface area contributed by atoms with Crippen molar-refractivity contribution in [1.29, 1.82) is 0 Å². The molecule has 136 valence electrons. The van der Waals surface area contributed by atoms with Crippen LogP contribution in [0.1, 0.15) is 16.7 Å². The summed E-state index contributed by atoms with van der Waals surface area (Å²) in [4.78, 5) is 2.02. The Morgan fingerprint density at radius 3 is 2.56 bits per heavy atom. The van der Waals surface area contributed by atoms with Crippen LogP contribution in [-0.4, -0.2) is 28.7 Å². The van der Waals surface area contributed by atoms with Crippen LogP contribution in [0.2, 0.25) is 0 Å². The van der Waals surface area contributed by atoms with Gasteiger partial charge in [-0.3, -0.25) is 4.90 Å². The van der Waals surface area contributed by atoms with E-state index in [4.69, 9.17) is 0 Å². The SMILES string of the molecule is CN1CC=C(c2cc(F)ccc2F)c2cc(F)c(-c3cccnn3)cc2C1. The van der Waals surface area contributed by atoms with Gasteiger partial charge < -0.3 is 0 Å². The Morgan fingerprint density at radius 1 is 0.926 bits per heavy atom. The standard InChI is InChI=1S/C21H16F3N3/c1-27-8-6-15(17-10-14(22)4-5-19(17)23)16-11-20(24)18(9-13(16)12-27)21-3-2-7-25-26-21/h2-7,9-11H,8,12H2,1H3. The van der Waals surface area contributed by atoms with Crippen LogP contribution >= 0.6 is 0 Å². The highest BCUT2D eigenvalue weighted by Gasteiger charge is 2.21. The van der Waals surface area contributed by atoms with Crippen molar-refractivity contribution in [2.45, 2.75) is 6.54 Å². The number of hydrogen-bond donors (Lipinski definition) is 0.